The zero-order valence-electron chi connectivity index (χ0n) is 14.5. The Hall–Kier alpha value is -1.62. The van der Waals surface area contributed by atoms with Gasteiger partial charge in [-0.15, -0.1) is 0 Å². The molecule has 2 saturated heterocycles. The molecule has 1 aromatic rings. The van der Waals surface area contributed by atoms with Crippen LogP contribution >= 0.6 is 0 Å². The van der Waals surface area contributed by atoms with Crippen LogP contribution in [0.3, 0.4) is 0 Å². The van der Waals surface area contributed by atoms with E-state index >= 15 is 0 Å². The van der Waals surface area contributed by atoms with Crippen LogP contribution in [0, 0.1) is 17.7 Å². The maximum atomic E-state index is 13.0. The highest BCUT2D eigenvalue weighted by Gasteiger charge is 2.26. The highest BCUT2D eigenvalue weighted by molar-refractivity contribution is 5.76. The fourth-order valence-corrected chi connectivity index (χ4v) is 3.80. The first-order chi connectivity index (χ1) is 11.6. The van der Waals surface area contributed by atoms with Crippen molar-refractivity contribution in [1.29, 1.82) is 0 Å². The van der Waals surface area contributed by atoms with Gasteiger partial charge in [0.2, 0.25) is 5.91 Å². The van der Waals surface area contributed by atoms with Crippen molar-refractivity contribution in [2.45, 2.75) is 26.2 Å². The van der Waals surface area contributed by atoms with E-state index < -0.39 is 0 Å². The van der Waals surface area contributed by atoms with Crippen LogP contribution in [0.1, 0.15) is 26.2 Å². The van der Waals surface area contributed by atoms with Crippen molar-refractivity contribution in [3.05, 3.63) is 30.1 Å². The predicted molar refractivity (Wildman–Crippen MR) is 94.6 cm³/mol. The maximum Gasteiger partial charge on any atom is 0.222 e. The summed E-state index contributed by atoms with van der Waals surface area (Å²) in [6.07, 6.45) is 3.11. The molecule has 24 heavy (non-hydrogen) atoms. The minimum atomic E-state index is -0.209. The summed E-state index contributed by atoms with van der Waals surface area (Å²) in [4.78, 5) is 16.8. The van der Waals surface area contributed by atoms with E-state index in [2.05, 4.69) is 17.1 Å². The normalized spacial score (nSPS) is 23.2. The van der Waals surface area contributed by atoms with E-state index in [4.69, 9.17) is 0 Å². The minimum Gasteiger partial charge on any atom is -0.368 e. The fraction of sp³-hybridized carbons (Fsp3) is 0.632. The molecule has 0 aromatic heterocycles. The minimum absolute atomic E-state index is 0.209. The van der Waals surface area contributed by atoms with Crippen LogP contribution in [-0.4, -0.2) is 50.1 Å². The maximum absolute atomic E-state index is 13.0. The van der Waals surface area contributed by atoms with E-state index in [0.717, 1.165) is 45.0 Å². The Morgan fingerprint density at radius 3 is 2.58 bits per heavy atom. The Bertz CT molecular complexity index is 534. The van der Waals surface area contributed by atoms with Crippen LogP contribution < -0.4 is 10.2 Å². The Morgan fingerprint density at radius 1 is 1.25 bits per heavy atom. The lowest BCUT2D eigenvalue weighted by atomic mass is 9.85. The topological polar surface area (TPSA) is 35.6 Å². The van der Waals surface area contributed by atoms with E-state index in [9.17, 15) is 9.18 Å². The third kappa shape index (κ3) is 4.26. The van der Waals surface area contributed by atoms with Gasteiger partial charge < -0.3 is 15.1 Å². The van der Waals surface area contributed by atoms with Crippen molar-refractivity contribution in [1.82, 2.24) is 10.2 Å². The van der Waals surface area contributed by atoms with E-state index in [1.807, 2.05) is 17.0 Å². The van der Waals surface area contributed by atoms with E-state index in [1.165, 1.54) is 25.0 Å². The van der Waals surface area contributed by atoms with Crippen molar-refractivity contribution in [3.8, 4) is 0 Å². The first-order valence-corrected chi connectivity index (χ1v) is 9.12. The van der Waals surface area contributed by atoms with Gasteiger partial charge in [0, 0.05) is 38.3 Å². The second-order valence-corrected chi connectivity index (χ2v) is 7.13. The number of benzene rings is 1. The molecule has 5 heteroatoms. The molecule has 4 nitrogen and oxygen atoms in total. The van der Waals surface area contributed by atoms with Gasteiger partial charge in [0.25, 0.3) is 0 Å². The molecule has 2 aliphatic heterocycles. The SMILES string of the molecule is CC(CC(=O)N1CCN(c2ccc(F)cc2)CC1)C1CCCNC1. The number of nitrogens with one attached hydrogen (secondary N) is 1. The first-order valence-electron chi connectivity index (χ1n) is 9.12. The molecule has 132 valence electrons. The van der Waals surface area contributed by atoms with Gasteiger partial charge in [0.15, 0.2) is 0 Å². The zero-order valence-corrected chi connectivity index (χ0v) is 14.5. The number of nitrogens with zero attached hydrogens (tertiary/aromatic N) is 2. The van der Waals surface area contributed by atoms with Gasteiger partial charge in [-0.2, -0.15) is 0 Å². The summed E-state index contributed by atoms with van der Waals surface area (Å²) >= 11 is 0. The predicted octanol–water partition coefficient (Wildman–Crippen LogP) is 2.50. The Kier molecular flexibility index (Phi) is 5.72. The molecule has 0 aliphatic carbocycles. The van der Waals surface area contributed by atoms with E-state index in [-0.39, 0.29) is 11.7 Å². The highest BCUT2D eigenvalue weighted by Crippen LogP contribution is 2.24. The third-order valence-corrected chi connectivity index (χ3v) is 5.46. The van der Waals surface area contributed by atoms with E-state index in [1.54, 1.807) is 0 Å². The summed E-state index contributed by atoms with van der Waals surface area (Å²) in [7, 11) is 0. The molecular weight excluding hydrogens is 305 g/mol. The lowest BCUT2D eigenvalue weighted by Gasteiger charge is -2.37. The highest BCUT2D eigenvalue weighted by atomic mass is 19.1. The lowest BCUT2D eigenvalue weighted by molar-refractivity contribution is -0.132. The number of rotatable bonds is 4. The van der Waals surface area contributed by atoms with Gasteiger partial charge in [-0.1, -0.05) is 6.92 Å². The molecule has 1 N–H and O–H groups in total. The van der Waals surface area contributed by atoms with Gasteiger partial charge in [0.05, 0.1) is 0 Å². The summed E-state index contributed by atoms with van der Waals surface area (Å²) in [6, 6.07) is 6.61. The molecule has 1 amide bonds. The summed E-state index contributed by atoms with van der Waals surface area (Å²) in [5.41, 5.74) is 1.03. The zero-order chi connectivity index (χ0) is 16.9. The number of carbonyl (C=O) groups is 1. The van der Waals surface area contributed by atoms with Crippen LogP contribution in [0.25, 0.3) is 0 Å². The number of piperidine rings is 1. The molecule has 2 aliphatic rings. The Morgan fingerprint density at radius 2 is 1.96 bits per heavy atom. The second kappa shape index (κ2) is 7.97. The molecule has 0 bridgehead atoms. The van der Waals surface area contributed by atoms with Crippen LogP contribution in [0.15, 0.2) is 24.3 Å². The summed E-state index contributed by atoms with van der Waals surface area (Å²) in [5.74, 6) is 1.15. The van der Waals surface area contributed by atoms with Crippen LogP contribution in [0.2, 0.25) is 0 Å². The first kappa shape index (κ1) is 17.2. The molecule has 0 saturated carbocycles. The molecule has 2 heterocycles. The van der Waals surface area contributed by atoms with Gasteiger partial charge in [-0.25, -0.2) is 4.39 Å². The van der Waals surface area contributed by atoms with Gasteiger partial charge in [-0.3, -0.25) is 4.79 Å². The molecule has 0 spiro atoms. The van der Waals surface area contributed by atoms with Crippen molar-refractivity contribution in [3.63, 3.8) is 0 Å². The number of piperazine rings is 1. The summed E-state index contributed by atoms with van der Waals surface area (Å²) in [5, 5.41) is 3.44. The van der Waals surface area contributed by atoms with Gasteiger partial charge in [-0.05, 0) is 62.0 Å². The average molecular weight is 333 g/mol. The largest absolute Gasteiger partial charge is 0.368 e. The quantitative estimate of drug-likeness (QED) is 0.920. The smallest absolute Gasteiger partial charge is 0.222 e. The Labute approximate surface area is 144 Å². The molecule has 0 radical (unpaired) electrons. The molecule has 2 fully saturated rings. The van der Waals surface area contributed by atoms with Crippen LogP contribution in [-0.2, 0) is 4.79 Å². The molecule has 3 rings (SSSR count). The number of carbonyl (C=O) groups excluding carboxylic acids is 1. The molecular formula is C19H28FN3O. The standard InChI is InChI=1S/C19H28FN3O/c1-15(16-3-2-8-21-14-16)13-19(24)23-11-9-22(10-12-23)18-6-4-17(20)5-7-18/h4-7,15-16,21H,2-3,8-14H2,1H3. The van der Waals surface area contributed by atoms with Crippen molar-refractivity contribution >= 4 is 11.6 Å². The van der Waals surface area contributed by atoms with Crippen LogP contribution in [0.4, 0.5) is 10.1 Å². The van der Waals surface area contributed by atoms with Crippen molar-refractivity contribution in [2.24, 2.45) is 11.8 Å². The lowest BCUT2D eigenvalue weighted by Crippen LogP contribution is -2.49. The second-order valence-electron chi connectivity index (χ2n) is 7.13. The fourth-order valence-electron chi connectivity index (χ4n) is 3.80. The van der Waals surface area contributed by atoms with Gasteiger partial charge in [0.1, 0.15) is 5.82 Å². The average Bonchev–Trinajstić information content (AvgIpc) is 2.63. The number of halogens is 1. The molecule has 1 aromatic carbocycles. The summed E-state index contributed by atoms with van der Waals surface area (Å²) < 4.78 is 13.0. The van der Waals surface area contributed by atoms with Crippen molar-refractivity contribution < 1.29 is 9.18 Å². The molecule has 2 atom stereocenters. The third-order valence-electron chi connectivity index (χ3n) is 5.46. The number of amides is 1. The Balaban J connectivity index is 1.47. The number of hydrogen-bond donors (Lipinski definition) is 1. The number of anilines is 1. The van der Waals surface area contributed by atoms with Crippen molar-refractivity contribution in [2.75, 3.05) is 44.2 Å². The monoisotopic (exact) mass is 333 g/mol. The number of hydrogen-bond acceptors (Lipinski definition) is 3. The van der Waals surface area contributed by atoms with E-state index in [0.29, 0.717) is 18.3 Å². The summed E-state index contributed by atoms with van der Waals surface area (Å²) in [6.45, 7) is 7.52. The van der Waals surface area contributed by atoms with Crippen LogP contribution in [0.5, 0.6) is 0 Å². The van der Waals surface area contributed by atoms with Gasteiger partial charge >= 0.3 is 0 Å². The molecule has 2 unspecified atom stereocenters.